The van der Waals surface area contributed by atoms with E-state index in [1.54, 1.807) is 0 Å². The van der Waals surface area contributed by atoms with Gasteiger partial charge in [0, 0.05) is 12.2 Å². The van der Waals surface area contributed by atoms with Gasteiger partial charge in [0.1, 0.15) is 30.8 Å². The molecule has 2 amide bonds. The monoisotopic (exact) mass is 513 g/mol. The highest BCUT2D eigenvalue weighted by Gasteiger charge is 2.38. The summed E-state index contributed by atoms with van der Waals surface area (Å²) in [5, 5.41) is 49.9. The van der Waals surface area contributed by atoms with Gasteiger partial charge in [-0.05, 0) is 6.42 Å². The van der Waals surface area contributed by atoms with E-state index in [1.807, 2.05) is 0 Å². The van der Waals surface area contributed by atoms with Gasteiger partial charge in [0.25, 0.3) is 0 Å². The lowest BCUT2D eigenvalue weighted by Gasteiger charge is -2.28. The summed E-state index contributed by atoms with van der Waals surface area (Å²) in [4.78, 5) is 68.7. The number of thiol groups is 1. The van der Waals surface area contributed by atoms with Gasteiger partial charge in [0.2, 0.25) is 11.8 Å². The first-order chi connectivity index (χ1) is 15.9. The van der Waals surface area contributed by atoms with Gasteiger partial charge in [-0.1, -0.05) is 0 Å². The fourth-order valence-corrected chi connectivity index (χ4v) is 2.55. The van der Waals surface area contributed by atoms with Crippen molar-refractivity contribution in [3.63, 3.8) is 0 Å². The number of hydrogen-bond acceptors (Lipinski definition) is 13. The van der Waals surface area contributed by atoms with E-state index in [4.69, 9.17) is 21.1 Å². The summed E-state index contributed by atoms with van der Waals surface area (Å²) in [6.07, 6.45) is -10.8. The molecule has 2 unspecified atom stereocenters. The zero-order valence-electron chi connectivity index (χ0n) is 17.6. The standard InChI is InChI=1S/C17H27N3O13S/c18-7(16(28)29)1-2-11(24)20-8(6-34)15(27)19-3-12(25)32-10(5-22)14(33-17(30)31)13(26)9(23)4-21/h5,7-10,13-14,21,23,26,34H,1-4,6,18H2,(H,19,27)(H,20,24)(H,28,29)(H,30,31)/t7?,8?,9-,10+,13-,14-/m1/s1. The number of aliphatic hydroxyl groups excluding tert-OH is 3. The Morgan fingerprint density at radius 1 is 1.09 bits per heavy atom. The van der Waals surface area contributed by atoms with Gasteiger partial charge >= 0.3 is 18.1 Å². The highest BCUT2D eigenvalue weighted by molar-refractivity contribution is 7.80. The van der Waals surface area contributed by atoms with Crippen LogP contribution >= 0.6 is 12.6 Å². The van der Waals surface area contributed by atoms with Gasteiger partial charge in [-0.25, -0.2) is 4.79 Å². The lowest BCUT2D eigenvalue weighted by Crippen LogP contribution is -2.52. The smallest absolute Gasteiger partial charge is 0.480 e. The van der Waals surface area contributed by atoms with Gasteiger partial charge in [0.15, 0.2) is 18.5 Å². The molecule has 0 aliphatic rings. The molecule has 9 N–H and O–H groups in total. The van der Waals surface area contributed by atoms with Crippen LogP contribution in [-0.2, 0) is 33.4 Å². The predicted octanol–water partition coefficient (Wildman–Crippen LogP) is -4.40. The Bertz CT molecular complexity index is 737. The quantitative estimate of drug-likeness (QED) is 0.0535. The molecule has 0 heterocycles. The van der Waals surface area contributed by atoms with Crippen LogP contribution in [0.3, 0.4) is 0 Å². The maximum atomic E-state index is 12.2. The van der Waals surface area contributed by atoms with Gasteiger partial charge < -0.3 is 51.4 Å². The molecule has 0 aromatic carbocycles. The molecule has 34 heavy (non-hydrogen) atoms. The number of aliphatic hydroxyl groups is 3. The van der Waals surface area contributed by atoms with Crippen molar-refractivity contribution < 1.29 is 63.8 Å². The number of aliphatic carboxylic acids is 1. The minimum atomic E-state index is -2.14. The molecular formula is C17H27N3O13S. The first-order valence-corrected chi connectivity index (χ1v) is 10.2. The SMILES string of the molecule is NC(CCC(=O)NC(CS)C(=O)NCC(=O)O[C@@H](C=O)[C@@H](OC(=O)O)[C@H](O)[C@H](O)CO)C(=O)O. The van der Waals surface area contributed by atoms with Gasteiger partial charge in [-0.15, -0.1) is 0 Å². The zero-order valence-corrected chi connectivity index (χ0v) is 18.5. The third-order valence-corrected chi connectivity index (χ3v) is 4.49. The number of carbonyl (C=O) groups is 6. The molecule has 0 spiro atoms. The topological polar surface area (TPSA) is 272 Å². The maximum Gasteiger partial charge on any atom is 0.506 e. The van der Waals surface area contributed by atoms with E-state index in [9.17, 15) is 39.0 Å². The van der Waals surface area contributed by atoms with Gasteiger partial charge in [-0.2, -0.15) is 12.6 Å². The number of aldehydes is 1. The van der Waals surface area contributed by atoms with Crippen molar-refractivity contribution in [1.82, 2.24) is 10.6 Å². The molecule has 0 bridgehead atoms. The molecule has 0 saturated carbocycles. The number of rotatable bonds is 16. The van der Waals surface area contributed by atoms with E-state index in [1.165, 1.54) is 0 Å². The Morgan fingerprint density at radius 2 is 1.71 bits per heavy atom. The van der Waals surface area contributed by atoms with Crippen LogP contribution in [0.2, 0.25) is 0 Å². The number of carboxylic acids is 1. The second-order valence-electron chi connectivity index (χ2n) is 6.68. The second-order valence-corrected chi connectivity index (χ2v) is 7.05. The highest BCUT2D eigenvalue weighted by atomic mass is 32.1. The largest absolute Gasteiger partial charge is 0.506 e. The fourth-order valence-electron chi connectivity index (χ4n) is 2.29. The maximum absolute atomic E-state index is 12.2. The minimum Gasteiger partial charge on any atom is -0.480 e. The first-order valence-electron chi connectivity index (χ1n) is 9.55. The number of ether oxygens (including phenoxy) is 2. The van der Waals surface area contributed by atoms with Crippen molar-refractivity contribution in [2.45, 2.75) is 49.3 Å². The minimum absolute atomic E-state index is 0.0980. The Kier molecular flexibility index (Phi) is 14.4. The molecule has 0 aliphatic heterocycles. The Labute approximate surface area is 197 Å². The predicted molar refractivity (Wildman–Crippen MR) is 112 cm³/mol. The first kappa shape index (κ1) is 31.0. The molecule has 0 aromatic heterocycles. The van der Waals surface area contributed by atoms with Gasteiger partial charge in [0.05, 0.1) is 6.61 Å². The van der Waals surface area contributed by atoms with Crippen LogP contribution in [0.1, 0.15) is 12.8 Å². The number of nitrogens with two attached hydrogens (primary N) is 1. The lowest BCUT2D eigenvalue weighted by atomic mass is 10.0. The van der Waals surface area contributed by atoms with Crippen LogP contribution in [-0.4, -0.2) is 117 Å². The fraction of sp³-hybridized carbons (Fsp3) is 0.647. The molecular weight excluding hydrogens is 486 g/mol. The van der Waals surface area contributed by atoms with E-state index in [-0.39, 0.29) is 24.9 Å². The van der Waals surface area contributed by atoms with Crippen molar-refractivity contribution in [3.8, 4) is 0 Å². The number of amides is 2. The molecule has 0 radical (unpaired) electrons. The van der Waals surface area contributed by atoms with Crippen molar-refractivity contribution in [1.29, 1.82) is 0 Å². The zero-order chi connectivity index (χ0) is 26.4. The third kappa shape index (κ3) is 11.2. The molecule has 0 saturated heterocycles. The Morgan fingerprint density at radius 3 is 2.18 bits per heavy atom. The molecule has 0 aliphatic carbocycles. The second kappa shape index (κ2) is 15.8. The van der Waals surface area contributed by atoms with E-state index in [0.717, 1.165) is 0 Å². The van der Waals surface area contributed by atoms with E-state index < -0.39 is 79.6 Å². The molecule has 6 atom stereocenters. The van der Waals surface area contributed by atoms with E-state index in [0.29, 0.717) is 0 Å². The molecule has 16 nitrogen and oxygen atoms in total. The molecule has 0 fully saturated rings. The van der Waals surface area contributed by atoms with Crippen LogP contribution in [0, 0.1) is 0 Å². The summed E-state index contributed by atoms with van der Waals surface area (Å²) >= 11 is 3.89. The van der Waals surface area contributed by atoms with Crippen LogP contribution in [0.25, 0.3) is 0 Å². The van der Waals surface area contributed by atoms with Crippen LogP contribution in [0.4, 0.5) is 4.79 Å². The average Bonchev–Trinajstić information content (AvgIpc) is 2.79. The summed E-state index contributed by atoms with van der Waals surface area (Å²) < 4.78 is 8.94. The summed E-state index contributed by atoms with van der Waals surface area (Å²) in [5.74, 6) is -4.42. The number of nitrogens with one attached hydrogen (secondary N) is 2. The summed E-state index contributed by atoms with van der Waals surface area (Å²) in [6, 6.07) is -2.52. The van der Waals surface area contributed by atoms with Gasteiger partial charge in [-0.3, -0.25) is 24.0 Å². The number of esters is 1. The Balaban J connectivity index is 4.92. The van der Waals surface area contributed by atoms with Crippen molar-refractivity contribution in [3.05, 3.63) is 0 Å². The molecule has 0 rings (SSSR count). The molecule has 17 heteroatoms. The van der Waals surface area contributed by atoms with Crippen molar-refractivity contribution in [2.24, 2.45) is 5.73 Å². The van der Waals surface area contributed by atoms with Crippen LogP contribution in [0.5, 0.6) is 0 Å². The van der Waals surface area contributed by atoms with Crippen molar-refractivity contribution >= 4 is 48.8 Å². The molecule has 0 aromatic rings. The average molecular weight is 513 g/mol. The molecule has 194 valence electrons. The normalized spacial score (nSPS) is 16.0. The lowest BCUT2D eigenvalue weighted by molar-refractivity contribution is -0.169. The summed E-state index contributed by atoms with van der Waals surface area (Å²) in [7, 11) is 0. The van der Waals surface area contributed by atoms with Crippen LogP contribution < -0.4 is 16.4 Å². The summed E-state index contributed by atoms with van der Waals surface area (Å²) in [5.41, 5.74) is 5.28. The summed E-state index contributed by atoms with van der Waals surface area (Å²) in [6.45, 7) is -1.90. The van der Waals surface area contributed by atoms with E-state index >= 15 is 0 Å². The number of carboxylic acid groups (broad SMARTS) is 2. The van der Waals surface area contributed by atoms with E-state index in [2.05, 4.69) is 32.7 Å². The number of hydrogen-bond donors (Lipinski definition) is 9. The third-order valence-electron chi connectivity index (χ3n) is 4.12. The highest BCUT2D eigenvalue weighted by Crippen LogP contribution is 2.12. The Hall–Kier alpha value is -2.99. The number of carbonyl (C=O) groups excluding carboxylic acids is 4. The van der Waals surface area contributed by atoms with Crippen molar-refractivity contribution in [2.75, 3.05) is 18.9 Å². The van der Waals surface area contributed by atoms with Crippen LogP contribution in [0.15, 0.2) is 0 Å².